The summed E-state index contributed by atoms with van der Waals surface area (Å²) >= 11 is 0. The molecule has 13 rings (SSSR count). The van der Waals surface area contributed by atoms with Crippen molar-refractivity contribution in [2.24, 2.45) is 10.8 Å². The van der Waals surface area contributed by atoms with Crippen LogP contribution in [0.25, 0.3) is 4.13 Å². The standard InChI is InChI=1S/C29H27O2S.C26H29O2S.C24H25O2S.C9H6F6.C8H10.C3F6NO4S2.6CH4/c1-3-22(2)23-14-16-24(17-15-23)29(30)31-25-18-20-28(21-19-25)32(26-10-6-4-7-11-26)27-12-8-5-9-13-27;1-4-26(2,3)25(27)28-20-19-21-15-17-24(18-16-21)29(22-11-7-5-8-12-22)23-13-9-6-10-14-23;1-4-24(2,3)23(25)26-19-15-17-22(18-16-19)27(20-11-7-5-8-12-20)21-13-9-6-10-14-21;1-5-2-6(8(10,11)12)4-7(3-5)9(13,14)15;1-7-3-5-8(2)6-4-7;4-1(5)2(6,7)15(11,12)10-16(13,14)3(1,8)9;;;;;;/h4-22H,3H2,1-2H3;5-18H,4,19-20H2,1-3H3;5-18H,4H2,1-3H3;2-4H,1H3;3-6H,1-2H3;;6*1H4/q3*+1;;;-1;;;;;;. The lowest BCUT2D eigenvalue weighted by Crippen LogP contribution is -2.64. The van der Waals surface area contributed by atoms with E-state index in [-0.39, 0.29) is 107 Å². The van der Waals surface area contributed by atoms with Crippen LogP contribution < -0.4 is 9.47 Å². The molecule has 0 aromatic heterocycles. The van der Waals surface area contributed by atoms with Crippen LogP contribution in [-0.4, -0.2) is 57.8 Å². The quantitative estimate of drug-likeness (QED) is 0.0293. The van der Waals surface area contributed by atoms with Crippen LogP contribution in [0.15, 0.2) is 366 Å². The van der Waals surface area contributed by atoms with Crippen molar-refractivity contribution in [2.45, 2.75) is 225 Å². The minimum Gasteiger partial charge on any atom is -0.465 e. The molecular weight excluding hydrogens is 1820 g/mol. The van der Waals surface area contributed by atoms with Crippen LogP contribution in [0.4, 0.5) is 52.7 Å². The Morgan fingerprint density at radius 2 is 0.647 bits per heavy atom. The first-order chi connectivity index (χ1) is 59.8. The second-order valence-corrected chi connectivity index (χ2v) is 39.9. The maximum atomic E-state index is 12.6. The number of ether oxygens (including phenoxy) is 3. The number of hydrogen-bond acceptors (Lipinski definition) is 10. The Balaban J connectivity index is 0.000000557. The SMILES string of the molecule is C.C.C.C.C.C.CCC(C)(C)C(=O)OCCc1ccc([S+](c2ccccc2)c2ccccc2)cc1.CCC(C)(C)C(=O)Oc1ccc([S+](c2ccccc2)c2ccccc2)cc1.CCC(C)c1ccc(C(=O)Oc2ccc([S+](c3ccccc3)c3ccccc3)cc2)cc1.Cc1cc(C(F)(F)F)cc(C(F)(F)F)c1.Cc1ccc(C)cc1.O=S1(=O)[N-]S(=O)(=O)C(F)(F)C(F)(F)C1(F)F. The molecule has 0 N–H and O–H groups in total. The van der Waals surface area contributed by atoms with Gasteiger partial charge in [0.1, 0.15) is 11.5 Å². The van der Waals surface area contributed by atoms with Gasteiger partial charge in [0, 0.05) is 6.42 Å². The van der Waals surface area contributed by atoms with Gasteiger partial charge in [0.15, 0.2) is 64.1 Å². The van der Waals surface area contributed by atoms with Gasteiger partial charge in [-0.25, -0.2) is 21.6 Å². The zero-order valence-electron chi connectivity index (χ0n) is 71.3. The first-order valence-electron chi connectivity index (χ1n) is 40.0. The van der Waals surface area contributed by atoms with Gasteiger partial charge in [-0.2, -0.15) is 52.7 Å². The summed E-state index contributed by atoms with van der Waals surface area (Å²) in [5, 5.41) is -12.6. The second-order valence-electron chi connectivity index (χ2n) is 30.3. The number of carbonyl (C=O) groups is 3. The number of benzene rings is 12. The predicted octanol–water partition coefficient (Wildman–Crippen LogP) is 30.9. The third kappa shape index (κ3) is 32.2. The molecule has 0 bridgehead atoms. The summed E-state index contributed by atoms with van der Waals surface area (Å²) in [4.78, 5) is 48.4. The molecule has 133 heavy (non-hydrogen) atoms. The first kappa shape index (κ1) is 118. The second kappa shape index (κ2) is 52.1. The van der Waals surface area contributed by atoms with Gasteiger partial charge >= 0.3 is 46.7 Å². The zero-order valence-corrected chi connectivity index (χ0v) is 75.4. The van der Waals surface area contributed by atoms with Gasteiger partial charge in [-0.1, -0.05) is 241 Å². The third-order valence-corrected chi connectivity index (χ3v) is 30.0. The van der Waals surface area contributed by atoms with Crippen molar-refractivity contribution in [3.8, 4) is 11.5 Å². The van der Waals surface area contributed by atoms with Crippen LogP contribution in [0.2, 0.25) is 0 Å². The smallest absolute Gasteiger partial charge is 0.416 e. The third-order valence-electron chi connectivity index (χ3n) is 19.9. The number of sulfonamides is 2. The maximum Gasteiger partial charge on any atom is 0.416 e. The van der Waals surface area contributed by atoms with Crippen molar-refractivity contribution < 1.29 is 98.1 Å². The van der Waals surface area contributed by atoms with Gasteiger partial charge in [0.05, 0.1) is 66.8 Å². The van der Waals surface area contributed by atoms with E-state index in [0.29, 0.717) is 41.7 Å². The van der Waals surface area contributed by atoms with Crippen LogP contribution in [-0.2, 0) is 85.8 Å². The van der Waals surface area contributed by atoms with Crippen molar-refractivity contribution in [1.82, 2.24) is 0 Å². The molecule has 1 atom stereocenters. The van der Waals surface area contributed by atoms with E-state index >= 15 is 0 Å². The molecule has 28 heteroatoms. The van der Waals surface area contributed by atoms with E-state index in [4.69, 9.17) is 14.2 Å². The molecule has 718 valence electrons. The van der Waals surface area contributed by atoms with E-state index in [1.54, 1.807) is 0 Å². The molecule has 1 heterocycles. The number of carbonyl (C=O) groups excluding carboxylic acids is 3. The molecule has 1 saturated heterocycles. The number of hydrogen-bond donors (Lipinski definition) is 0. The largest absolute Gasteiger partial charge is 0.465 e. The molecule has 1 aliphatic heterocycles. The number of rotatable bonds is 21. The Morgan fingerprint density at radius 3 is 0.932 bits per heavy atom. The van der Waals surface area contributed by atoms with Crippen molar-refractivity contribution in [1.29, 1.82) is 0 Å². The maximum absolute atomic E-state index is 12.6. The van der Waals surface area contributed by atoms with Gasteiger partial charge in [0.25, 0.3) is 0 Å². The zero-order chi connectivity index (χ0) is 93.4. The van der Waals surface area contributed by atoms with Crippen molar-refractivity contribution in [3.63, 3.8) is 0 Å². The normalized spacial score (nSPS) is 13.7. The molecule has 0 radical (unpaired) electrons. The number of esters is 3. The predicted molar refractivity (Wildman–Crippen MR) is 517 cm³/mol. The van der Waals surface area contributed by atoms with E-state index < -0.39 is 70.8 Å². The Kier molecular flexibility index (Phi) is 46.3. The van der Waals surface area contributed by atoms with Crippen molar-refractivity contribution in [2.75, 3.05) is 6.61 Å². The van der Waals surface area contributed by atoms with Crippen LogP contribution in [0.5, 0.6) is 11.5 Å². The molecule has 12 aromatic carbocycles. The van der Waals surface area contributed by atoms with E-state index in [9.17, 15) is 83.9 Å². The lowest BCUT2D eigenvalue weighted by Gasteiger charge is -2.42. The van der Waals surface area contributed by atoms with Crippen molar-refractivity contribution >= 4 is 70.6 Å². The van der Waals surface area contributed by atoms with E-state index in [1.807, 2.05) is 114 Å². The summed E-state index contributed by atoms with van der Waals surface area (Å²) in [6.45, 7) is 21.8. The van der Waals surface area contributed by atoms with E-state index in [0.717, 1.165) is 29.8 Å². The molecule has 1 aliphatic rings. The topological polar surface area (TPSA) is 161 Å². The van der Waals surface area contributed by atoms with E-state index in [2.05, 4.69) is 258 Å². The summed E-state index contributed by atoms with van der Waals surface area (Å²) in [6.07, 6.45) is -6.19. The number of nitrogens with zero attached hydrogens (tertiary/aromatic N) is 1. The molecule has 11 nitrogen and oxygen atoms in total. The Labute approximate surface area is 787 Å². The minimum absolute atomic E-state index is 0. The van der Waals surface area contributed by atoms with Crippen LogP contribution in [0.1, 0.15) is 174 Å². The highest BCUT2D eigenvalue weighted by Gasteiger charge is 2.81. The molecule has 0 saturated carbocycles. The highest BCUT2D eigenvalue weighted by Crippen LogP contribution is 2.58. The number of alkyl halides is 12. The molecule has 0 aliphatic carbocycles. The van der Waals surface area contributed by atoms with Crippen molar-refractivity contribution in [3.05, 3.63) is 370 Å². The fraction of sp³-hybridized carbons (Fsp3) is 0.286. The number of halogens is 12. The summed E-state index contributed by atoms with van der Waals surface area (Å²) < 4.78 is 207. The van der Waals surface area contributed by atoms with Crippen LogP contribution in [0.3, 0.4) is 0 Å². The van der Waals surface area contributed by atoms with Gasteiger partial charge < -0.3 is 18.3 Å². The molecular formula is C105H121F12NO10S5+2. The van der Waals surface area contributed by atoms with Gasteiger partial charge in [-0.3, -0.25) is 9.59 Å². The molecule has 0 spiro atoms. The fourth-order valence-electron chi connectivity index (χ4n) is 11.4. The monoisotopic (exact) mass is 1940 g/mol. The minimum atomic E-state index is -6.60. The molecule has 0 amide bonds. The molecule has 1 fully saturated rings. The average molecular weight is 1950 g/mol. The lowest BCUT2D eigenvalue weighted by molar-refractivity contribution is -0.244. The average Bonchev–Trinajstić information content (AvgIpc) is 0.693. The summed E-state index contributed by atoms with van der Waals surface area (Å²) in [7, 11) is -13.7. The highest BCUT2D eigenvalue weighted by atomic mass is 32.3. The van der Waals surface area contributed by atoms with Gasteiger partial charge in [0.2, 0.25) is 0 Å². The van der Waals surface area contributed by atoms with Gasteiger partial charge in [-0.05, 0) is 254 Å². The summed E-state index contributed by atoms with van der Waals surface area (Å²) in [5.41, 5.74) is 2.12. The molecule has 12 aromatic rings. The first-order valence-corrected chi connectivity index (χ1v) is 46.5. The fourth-order valence-corrected chi connectivity index (χ4v) is 20.4. The van der Waals surface area contributed by atoms with Crippen LogP contribution >= 0.6 is 0 Å². The Morgan fingerprint density at radius 1 is 0.368 bits per heavy atom. The number of aryl methyl sites for hydroxylation is 3. The summed E-state index contributed by atoms with van der Waals surface area (Å²) in [6, 6.07) is 105. The van der Waals surface area contributed by atoms with Crippen LogP contribution in [0, 0.1) is 31.6 Å². The van der Waals surface area contributed by atoms with Gasteiger partial charge in [-0.15, -0.1) is 0 Å². The lowest BCUT2D eigenvalue weighted by atomic mass is 9.91. The Bertz CT molecular complexity index is 5520. The molecule has 1 unspecified atom stereocenters. The highest BCUT2D eigenvalue weighted by molar-refractivity contribution is 8.13. The summed E-state index contributed by atoms with van der Waals surface area (Å²) in [5.74, 6) is -5.62. The van der Waals surface area contributed by atoms with E-state index in [1.165, 1.54) is 73.2 Å². The Hall–Kier alpha value is -10.9.